The minimum atomic E-state index is -2.45. The van der Waals surface area contributed by atoms with Gasteiger partial charge in [0.25, 0.3) is 5.91 Å². The summed E-state index contributed by atoms with van der Waals surface area (Å²) >= 11 is 0. The molecule has 0 aromatic heterocycles. The van der Waals surface area contributed by atoms with Gasteiger partial charge < -0.3 is 27.5 Å². The van der Waals surface area contributed by atoms with E-state index >= 15 is 0 Å². The summed E-state index contributed by atoms with van der Waals surface area (Å²) in [6.07, 6.45) is 1.70. The molecule has 0 saturated carbocycles. The molecule has 2 N–H and O–H groups in total. The van der Waals surface area contributed by atoms with Crippen LogP contribution in [0.25, 0.3) is 0 Å². The van der Waals surface area contributed by atoms with Crippen molar-refractivity contribution in [2.24, 2.45) is 0 Å². The molecule has 2 amide bonds. The molecule has 0 rings (SSSR count). The van der Waals surface area contributed by atoms with Gasteiger partial charge in [-0.3, -0.25) is 9.59 Å². The molecule has 1 atom stereocenters. The number of nitrogens with one attached hydrogen (secondary N) is 2. The fourth-order valence-electron chi connectivity index (χ4n) is 3.80. The molecular formula is C22H51N3O5Si4+. The molecule has 0 heterocycles. The first-order chi connectivity index (χ1) is 15.3. The number of carbonyl (C=O) groups is 2. The number of likely N-dealkylation sites (N-methyl/N-ethyl adjacent to an activating group) is 1. The zero-order valence-corrected chi connectivity index (χ0v) is 27.6. The van der Waals surface area contributed by atoms with E-state index in [0.29, 0.717) is 29.7 Å². The van der Waals surface area contributed by atoms with Crippen LogP contribution >= 0.6 is 0 Å². The zero-order chi connectivity index (χ0) is 26.8. The number of rotatable bonds is 17. The Morgan fingerprint density at radius 2 is 1.44 bits per heavy atom. The van der Waals surface area contributed by atoms with Crippen molar-refractivity contribution in [3.05, 3.63) is 12.2 Å². The number of nitrogens with zero attached hydrogens (tertiary/aromatic N) is 1. The summed E-state index contributed by atoms with van der Waals surface area (Å²) in [5.41, 5.74) is 0.516. The highest BCUT2D eigenvalue weighted by Gasteiger charge is 2.43. The highest BCUT2D eigenvalue weighted by Crippen LogP contribution is 2.27. The van der Waals surface area contributed by atoms with Gasteiger partial charge in [-0.05, 0) is 77.7 Å². The lowest BCUT2D eigenvalue weighted by Crippen LogP contribution is -2.55. The molecule has 0 aliphatic heterocycles. The largest absolute Gasteiger partial charge is 0.436 e. The summed E-state index contributed by atoms with van der Waals surface area (Å²) in [6, 6.07) is 1.76. The van der Waals surface area contributed by atoms with Crippen LogP contribution in [0.4, 0.5) is 0 Å². The van der Waals surface area contributed by atoms with Crippen molar-refractivity contribution in [2.45, 2.75) is 77.7 Å². The molecule has 199 valence electrons. The standard InChI is InChI=1S/C22H50N3O5Si4/c1-20(2)22(27)24-16-14-18-34(12,28-31(6)7)30-33(10,11)29-32(8,9)17-13-15-23-21(26)19-25(3,4)5/h1,13-19H2,2-12H3,(H-,23,24,26,27)/p+1. The molecule has 0 aliphatic carbocycles. The summed E-state index contributed by atoms with van der Waals surface area (Å²) < 4.78 is 20.4. The normalized spacial score (nSPS) is 14.6. The molecule has 12 heteroatoms. The van der Waals surface area contributed by atoms with Gasteiger partial charge in [-0.1, -0.05) is 6.58 Å². The molecule has 0 aromatic rings. The predicted molar refractivity (Wildman–Crippen MR) is 150 cm³/mol. The molecule has 8 nitrogen and oxygen atoms in total. The second-order valence-corrected chi connectivity index (χ2v) is 25.4. The van der Waals surface area contributed by atoms with Gasteiger partial charge in [-0.2, -0.15) is 0 Å². The van der Waals surface area contributed by atoms with E-state index in [9.17, 15) is 9.59 Å². The van der Waals surface area contributed by atoms with Crippen LogP contribution in [0.1, 0.15) is 19.8 Å². The van der Waals surface area contributed by atoms with Gasteiger partial charge in [0.2, 0.25) is 5.91 Å². The van der Waals surface area contributed by atoms with Crippen LogP contribution in [0.2, 0.25) is 57.9 Å². The summed E-state index contributed by atoms with van der Waals surface area (Å²) in [4.78, 5) is 23.8. The van der Waals surface area contributed by atoms with E-state index in [2.05, 4.69) is 63.0 Å². The van der Waals surface area contributed by atoms with Crippen molar-refractivity contribution in [1.29, 1.82) is 0 Å². The van der Waals surface area contributed by atoms with Gasteiger partial charge in [-0.25, -0.2) is 0 Å². The smallest absolute Gasteiger partial charge is 0.315 e. The highest BCUT2D eigenvalue weighted by atomic mass is 28.5. The second kappa shape index (κ2) is 14.2. The minimum Gasteiger partial charge on any atom is -0.436 e. The van der Waals surface area contributed by atoms with E-state index in [1.165, 1.54) is 0 Å². The Labute approximate surface area is 213 Å². The van der Waals surface area contributed by atoms with Crippen molar-refractivity contribution >= 4 is 46.3 Å². The van der Waals surface area contributed by atoms with E-state index in [4.69, 9.17) is 12.3 Å². The minimum absolute atomic E-state index is 0.0843. The first-order valence-corrected chi connectivity index (χ1v) is 23.0. The van der Waals surface area contributed by atoms with Gasteiger partial charge in [0, 0.05) is 18.7 Å². The third-order valence-corrected chi connectivity index (χ3v) is 18.8. The van der Waals surface area contributed by atoms with Gasteiger partial charge in [0.1, 0.15) is 0 Å². The number of amides is 2. The summed E-state index contributed by atoms with van der Waals surface area (Å²) in [7, 11) is -1.76. The predicted octanol–water partition coefficient (Wildman–Crippen LogP) is 3.56. The molecule has 0 fully saturated rings. The lowest BCUT2D eigenvalue weighted by molar-refractivity contribution is -0.862. The summed E-state index contributed by atoms with van der Waals surface area (Å²) in [6.45, 7) is 22.2. The molecule has 0 aliphatic rings. The summed E-state index contributed by atoms with van der Waals surface area (Å²) in [5, 5.41) is 5.92. The molecule has 34 heavy (non-hydrogen) atoms. The second-order valence-electron chi connectivity index (χ2n) is 11.5. The molecule has 1 unspecified atom stereocenters. The number of hydrogen-bond donors (Lipinski definition) is 2. The maximum Gasteiger partial charge on any atom is 0.315 e. The molecule has 0 spiro atoms. The van der Waals surface area contributed by atoms with Gasteiger partial charge in [0.05, 0.1) is 21.1 Å². The zero-order valence-electron chi connectivity index (χ0n) is 23.6. The highest BCUT2D eigenvalue weighted by molar-refractivity contribution is 6.87. The molecular weight excluding hydrogens is 499 g/mol. The molecule has 0 aromatic carbocycles. The van der Waals surface area contributed by atoms with Crippen molar-refractivity contribution in [1.82, 2.24) is 10.6 Å². The van der Waals surface area contributed by atoms with Gasteiger partial charge >= 0.3 is 17.1 Å². The van der Waals surface area contributed by atoms with Crippen LogP contribution < -0.4 is 10.6 Å². The first-order valence-electron chi connectivity index (χ1n) is 12.2. The maximum atomic E-state index is 12.0. The van der Waals surface area contributed by atoms with Gasteiger partial charge in [-0.15, -0.1) is 0 Å². The topological polar surface area (TPSA) is 85.9 Å². The van der Waals surface area contributed by atoms with E-state index in [1.807, 2.05) is 21.1 Å². The fraction of sp³-hybridized carbons (Fsp3) is 0.818. The Balaban J connectivity index is 4.82. The van der Waals surface area contributed by atoms with Crippen molar-refractivity contribution in [2.75, 3.05) is 40.8 Å². The van der Waals surface area contributed by atoms with Crippen molar-refractivity contribution in [3.63, 3.8) is 0 Å². The monoisotopic (exact) mass is 549 g/mol. The number of carbonyl (C=O) groups excluding carboxylic acids is 2. The Morgan fingerprint density at radius 3 is 1.94 bits per heavy atom. The number of hydrogen-bond acceptors (Lipinski definition) is 5. The van der Waals surface area contributed by atoms with Crippen LogP contribution in [0.3, 0.4) is 0 Å². The van der Waals surface area contributed by atoms with Crippen molar-refractivity contribution in [3.8, 4) is 0 Å². The molecule has 1 radical (unpaired) electrons. The molecule has 0 saturated heterocycles. The van der Waals surface area contributed by atoms with E-state index in [1.54, 1.807) is 6.92 Å². The lowest BCUT2D eigenvalue weighted by Gasteiger charge is -2.40. The third-order valence-electron chi connectivity index (χ3n) is 4.78. The fourth-order valence-corrected chi connectivity index (χ4v) is 20.9. The Kier molecular flexibility index (Phi) is 14.0. The third kappa shape index (κ3) is 16.9. The van der Waals surface area contributed by atoms with Crippen LogP contribution in [0, 0.1) is 0 Å². The van der Waals surface area contributed by atoms with Gasteiger partial charge in [0.15, 0.2) is 23.9 Å². The SMILES string of the molecule is C=C(C)C(=O)NCCC[Si](C)(O[Si](C)C)O[Si](C)(C)O[Si](C)(C)CCCNC(=O)C[N+](C)(C)C. The summed E-state index contributed by atoms with van der Waals surface area (Å²) in [5.74, 6) is -0.0265. The average molecular weight is 550 g/mol. The van der Waals surface area contributed by atoms with Crippen molar-refractivity contribution < 1.29 is 26.4 Å². The van der Waals surface area contributed by atoms with E-state index in [-0.39, 0.29) is 11.8 Å². The van der Waals surface area contributed by atoms with E-state index < -0.39 is 34.5 Å². The molecule has 0 bridgehead atoms. The van der Waals surface area contributed by atoms with Crippen LogP contribution in [-0.4, -0.2) is 91.6 Å². The lowest BCUT2D eigenvalue weighted by atomic mass is 10.3. The van der Waals surface area contributed by atoms with Crippen LogP contribution in [-0.2, 0) is 21.9 Å². The number of quaternary nitrogens is 1. The first kappa shape index (κ1) is 33.4. The quantitative estimate of drug-likeness (QED) is 0.125. The Hall–Kier alpha value is -0.612. The Bertz CT molecular complexity index is 684. The van der Waals surface area contributed by atoms with E-state index in [0.717, 1.165) is 24.9 Å². The van der Waals surface area contributed by atoms with Crippen LogP contribution in [0.15, 0.2) is 12.2 Å². The average Bonchev–Trinajstić information content (AvgIpc) is 2.58. The van der Waals surface area contributed by atoms with Crippen LogP contribution in [0.5, 0.6) is 0 Å². The maximum absolute atomic E-state index is 12.0. The Morgan fingerprint density at radius 1 is 0.912 bits per heavy atom.